The standard InChI is InChI=1S/C27H46ClNO7.C19H29ClF3NO2/c1-4-6-7-8-9-10-11-12-13-14-15-16-23-21-29-25(24(23)28)26(30)35-22(3)36-27(31)34-20-19-33-18-17-32-5-2;1-2-3-4-5-6-7-8-9-10-11-12-15-13-16(20)17(24-15)18(25)26-14-19(21,22)23/h21-22,29H,4-20H2,1-3H3;13,24H,2-12,14H2,1H3. The normalized spacial score (nSPS) is 11.8. The minimum absolute atomic E-state index is 0.0243. The number of halogens is 5. The maximum Gasteiger partial charge on any atom is 0.511 e. The smallest absolute Gasteiger partial charge is 0.451 e. The highest BCUT2D eigenvalue weighted by atomic mass is 35.5. The average molecular weight is 928 g/mol. The minimum atomic E-state index is -4.55. The fourth-order valence-electron chi connectivity index (χ4n) is 6.50. The monoisotopic (exact) mass is 926 g/mol. The second kappa shape index (κ2) is 36.4. The molecule has 2 rings (SSSR count). The number of aromatic nitrogens is 2. The molecule has 0 radical (unpaired) electrons. The second-order valence-corrected chi connectivity index (χ2v) is 16.2. The Hall–Kier alpha value is -2.94. The molecule has 2 aromatic heterocycles. The van der Waals surface area contributed by atoms with Crippen molar-refractivity contribution in [1.29, 1.82) is 0 Å². The van der Waals surface area contributed by atoms with Gasteiger partial charge in [-0.25, -0.2) is 14.4 Å². The molecule has 0 aliphatic carbocycles. The van der Waals surface area contributed by atoms with Gasteiger partial charge in [-0.3, -0.25) is 0 Å². The van der Waals surface area contributed by atoms with Gasteiger partial charge in [0, 0.05) is 25.4 Å². The van der Waals surface area contributed by atoms with Crippen molar-refractivity contribution in [3.63, 3.8) is 0 Å². The van der Waals surface area contributed by atoms with Crippen LogP contribution in [0.5, 0.6) is 0 Å². The first kappa shape index (κ1) is 57.1. The summed E-state index contributed by atoms with van der Waals surface area (Å²) in [4.78, 5) is 41.4. The van der Waals surface area contributed by atoms with Crippen LogP contribution >= 0.6 is 23.2 Å². The van der Waals surface area contributed by atoms with Crippen LogP contribution in [0.4, 0.5) is 18.0 Å². The van der Waals surface area contributed by atoms with Gasteiger partial charge in [0.25, 0.3) is 0 Å². The number of aromatic amines is 2. The Morgan fingerprint density at radius 3 is 1.66 bits per heavy atom. The molecular weight excluding hydrogens is 852 g/mol. The summed E-state index contributed by atoms with van der Waals surface area (Å²) in [6.07, 6.45) is 22.9. The van der Waals surface area contributed by atoms with E-state index in [1.54, 1.807) is 12.3 Å². The van der Waals surface area contributed by atoms with E-state index in [-0.39, 0.29) is 29.6 Å². The van der Waals surface area contributed by atoms with Crippen LogP contribution in [0.15, 0.2) is 12.3 Å². The molecule has 62 heavy (non-hydrogen) atoms. The molecule has 0 aliphatic rings. The van der Waals surface area contributed by atoms with E-state index >= 15 is 0 Å². The third-order valence-corrected chi connectivity index (χ3v) is 10.6. The molecule has 0 spiro atoms. The maximum atomic E-state index is 12.4. The molecule has 0 saturated carbocycles. The summed E-state index contributed by atoms with van der Waals surface area (Å²) in [6.45, 7) is 7.94. The quantitative estimate of drug-likeness (QED) is 0.0299. The lowest BCUT2D eigenvalue weighted by Crippen LogP contribution is -2.23. The van der Waals surface area contributed by atoms with Crippen LogP contribution in [0.25, 0.3) is 0 Å². The predicted octanol–water partition coefficient (Wildman–Crippen LogP) is 14.1. The summed E-state index contributed by atoms with van der Waals surface area (Å²) in [7, 11) is 0. The van der Waals surface area contributed by atoms with Crippen molar-refractivity contribution in [1.82, 2.24) is 9.97 Å². The van der Waals surface area contributed by atoms with Gasteiger partial charge in [-0.2, -0.15) is 13.2 Å². The van der Waals surface area contributed by atoms with Crippen LogP contribution < -0.4 is 0 Å². The zero-order chi connectivity index (χ0) is 45.9. The first-order chi connectivity index (χ1) is 29.8. The molecule has 358 valence electrons. The van der Waals surface area contributed by atoms with E-state index in [0.29, 0.717) is 31.3 Å². The number of nitrogens with one attached hydrogen (secondary N) is 2. The van der Waals surface area contributed by atoms with Crippen molar-refractivity contribution in [2.75, 3.05) is 39.6 Å². The van der Waals surface area contributed by atoms with Crippen molar-refractivity contribution >= 4 is 41.3 Å². The van der Waals surface area contributed by atoms with Crippen molar-refractivity contribution in [3.8, 4) is 0 Å². The van der Waals surface area contributed by atoms with Crippen LogP contribution in [0.2, 0.25) is 10.0 Å². The van der Waals surface area contributed by atoms with Crippen LogP contribution in [-0.4, -0.2) is 80.2 Å². The third-order valence-electron chi connectivity index (χ3n) is 9.90. The molecule has 0 aromatic carbocycles. The molecule has 0 saturated heterocycles. The third kappa shape index (κ3) is 29.4. The van der Waals surface area contributed by atoms with E-state index in [1.807, 2.05) is 6.92 Å². The number of hydrogen-bond acceptors (Lipinski definition) is 9. The number of ether oxygens (including phenoxy) is 6. The number of carbonyl (C=O) groups is 3. The highest BCUT2D eigenvalue weighted by Gasteiger charge is 2.30. The van der Waals surface area contributed by atoms with E-state index < -0.39 is 37.2 Å². The topological polar surface area (TPSA) is 138 Å². The lowest BCUT2D eigenvalue weighted by Gasteiger charge is -2.13. The molecule has 1 atom stereocenters. The Balaban J connectivity index is 0.000000653. The molecule has 11 nitrogen and oxygen atoms in total. The SMILES string of the molecule is CCCCCCCCCCCCCc1c[nH]c(C(=O)OC(C)OC(=O)OCCOCCOCC)c1Cl.CCCCCCCCCCCCc1cc(Cl)c(C(=O)OCC(F)(F)F)[nH]1. The number of rotatable bonds is 35. The average Bonchev–Trinajstić information content (AvgIpc) is 3.80. The van der Waals surface area contributed by atoms with Gasteiger partial charge in [-0.1, -0.05) is 159 Å². The van der Waals surface area contributed by atoms with Gasteiger partial charge in [0.05, 0.1) is 29.9 Å². The lowest BCUT2D eigenvalue weighted by atomic mass is 10.0. The number of unbranched alkanes of at least 4 members (excludes halogenated alkanes) is 19. The Morgan fingerprint density at radius 1 is 0.629 bits per heavy atom. The molecular formula is C46H75Cl2F3N2O9. The Bertz CT molecular complexity index is 1460. The zero-order valence-electron chi connectivity index (χ0n) is 37.8. The van der Waals surface area contributed by atoms with Crippen LogP contribution in [0.1, 0.15) is 195 Å². The summed E-state index contributed by atoms with van der Waals surface area (Å²) in [6, 6.07) is 1.58. The van der Waals surface area contributed by atoms with E-state index in [1.165, 1.54) is 116 Å². The summed E-state index contributed by atoms with van der Waals surface area (Å²) >= 11 is 12.3. The lowest BCUT2D eigenvalue weighted by molar-refractivity contribution is -0.161. The van der Waals surface area contributed by atoms with Crippen molar-refractivity contribution in [2.45, 2.75) is 188 Å². The van der Waals surface area contributed by atoms with Crippen LogP contribution in [-0.2, 0) is 41.3 Å². The van der Waals surface area contributed by atoms with Gasteiger partial charge in [-0.05, 0) is 44.2 Å². The van der Waals surface area contributed by atoms with Gasteiger partial charge < -0.3 is 38.4 Å². The Morgan fingerprint density at radius 2 is 1.13 bits per heavy atom. The van der Waals surface area contributed by atoms with Crippen LogP contribution in [0.3, 0.4) is 0 Å². The van der Waals surface area contributed by atoms with Gasteiger partial charge >= 0.3 is 24.3 Å². The molecule has 2 N–H and O–H groups in total. The second-order valence-electron chi connectivity index (χ2n) is 15.4. The molecule has 2 aromatic rings. The first-order valence-electron chi connectivity index (χ1n) is 23.0. The number of alkyl halides is 3. The van der Waals surface area contributed by atoms with E-state index in [9.17, 15) is 27.6 Å². The highest BCUT2D eigenvalue weighted by molar-refractivity contribution is 6.34. The summed E-state index contributed by atoms with van der Waals surface area (Å²) < 4.78 is 65.8. The highest BCUT2D eigenvalue weighted by Crippen LogP contribution is 2.25. The number of hydrogen-bond donors (Lipinski definition) is 2. The van der Waals surface area contributed by atoms with Crippen LogP contribution in [0, 0.1) is 0 Å². The zero-order valence-corrected chi connectivity index (χ0v) is 39.3. The van der Waals surface area contributed by atoms with Crippen molar-refractivity contribution < 1.29 is 56.0 Å². The fraction of sp³-hybridized carbons (Fsp3) is 0.761. The van der Waals surface area contributed by atoms with Crippen molar-refractivity contribution in [2.24, 2.45) is 0 Å². The molecule has 0 fully saturated rings. The van der Waals surface area contributed by atoms with Gasteiger partial charge in [-0.15, -0.1) is 0 Å². The maximum absolute atomic E-state index is 12.4. The number of carbonyl (C=O) groups excluding carboxylic acids is 3. The van der Waals surface area contributed by atoms with Crippen molar-refractivity contribution in [3.05, 3.63) is 45.0 Å². The molecule has 0 bridgehead atoms. The fourth-order valence-corrected chi connectivity index (χ4v) is 7.03. The molecule has 0 aliphatic heterocycles. The molecule has 1 unspecified atom stereocenters. The van der Waals surface area contributed by atoms with Gasteiger partial charge in [0.1, 0.15) is 18.0 Å². The molecule has 16 heteroatoms. The van der Waals surface area contributed by atoms with E-state index in [2.05, 4.69) is 28.6 Å². The Labute approximate surface area is 378 Å². The number of H-pyrrole nitrogens is 2. The van der Waals surface area contributed by atoms with E-state index in [4.69, 9.17) is 46.9 Å². The predicted molar refractivity (Wildman–Crippen MR) is 238 cm³/mol. The summed E-state index contributed by atoms with van der Waals surface area (Å²) in [5, 5.41) is 0.449. The molecule has 0 amide bonds. The van der Waals surface area contributed by atoms with Gasteiger partial charge in [0.15, 0.2) is 6.61 Å². The minimum Gasteiger partial charge on any atom is -0.451 e. The summed E-state index contributed by atoms with van der Waals surface area (Å²) in [5.41, 5.74) is 1.67. The van der Waals surface area contributed by atoms with E-state index in [0.717, 1.165) is 43.4 Å². The molecule has 2 heterocycles. The number of esters is 2. The number of aryl methyl sites for hydroxylation is 2. The summed E-state index contributed by atoms with van der Waals surface area (Å²) in [5.74, 6) is -1.77. The largest absolute Gasteiger partial charge is 0.511 e. The first-order valence-corrected chi connectivity index (χ1v) is 23.7. The Kier molecular flexibility index (Phi) is 33.5. The van der Waals surface area contributed by atoms with Gasteiger partial charge in [0.2, 0.25) is 6.29 Å².